The highest BCUT2D eigenvalue weighted by Crippen LogP contribution is 2.43. The molecule has 0 fully saturated rings. The van der Waals surface area contributed by atoms with Crippen LogP contribution in [-0.4, -0.2) is 7.38 Å². The van der Waals surface area contributed by atoms with Crippen LogP contribution in [0.15, 0.2) is 200 Å². The summed E-state index contributed by atoms with van der Waals surface area (Å²) in [5.74, 6) is 0. The van der Waals surface area contributed by atoms with Gasteiger partial charge in [-0.1, -0.05) is 200 Å². The molecule has 0 atom stereocenters. The molecule has 0 amide bonds. The Labute approximate surface area is 373 Å². The van der Waals surface area contributed by atoms with E-state index >= 15 is 0 Å². The molecule has 9 aromatic rings. The summed E-state index contributed by atoms with van der Waals surface area (Å²) >= 11 is 9.63. The summed E-state index contributed by atoms with van der Waals surface area (Å²) in [5.41, 5.74) is 21.5. The number of rotatable bonds is 9. The molecule has 0 heterocycles. The third kappa shape index (κ3) is 7.16. The molecule has 62 heavy (non-hydrogen) atoms. The molecule has 0 spiro atoms. The highest BCUT2D eigenvalue weighted by Gasteiger charge is 2.49. The van der Waals surface area contributed by atoms with Gasteiger partial charge in [-0.05, 0) is 157 Å². The van der Waals surface area contributed by atoms with Crippen LogP contribution >= 0.6 is 11.1 Å². The minimum atomic E-state index is -3.81. The lowest BCUT2D eigenvalue weighted by molar-refractivity contribution is 1.34. The average molecular weight is 836 g/mol. The lowest BCUT2D eigenvalue weighted by Crippen LogP contribution is -2.67. The van der Waals surface area contributed by atoms with Crippen LogP contribution in [-0.2, 0) is 0 Å². The standard InChI is InChI=1S/C60H51ClSi/c1-40-37-52(46-25-13-7-14-26-46)55(49-31-19-10-20-32-49)58(43(40)4)62(61,59-44(5)41(2)38-53(47-27-15-8-16-28-47)56(59)50-33-21-11-22-34-50)60-45(6)42(3)39-54(48-29-17-9-18-30-48)57(60)51-35-23-12-24-36-51/h7-39H,1-6H3. The van der Waals surface area contributed by atoms with E-state index < -0.39 is 7.38 Å². The molecule has 0 N–H and O–H groups in total. The van der Waals surface area contributed by atoms with E-state index in [9.17, 15) is 11.1 Å². The van der Waals surface area contributed by atoms with Gasteiger partial charge in [-0.15, -0.1) is 11.1 Å². The predicted molar refractivity (Wildman–Crippen MR) is 271 cm³/mol. The summed E-state index contributed by atoms with van der Waals surface area (Å²) < 4.78 is 0. The molecule has 0 bridgehead atoms. The number of aryl methyl sites for hydroxylation is 3. The summed E-state index contributed by atoms with van der Waals surface area (Å²) in [6, 6.07) is 72.9. The van der Waals surface area contributed by atoms with Gasteiger partial charge >= 0.3 is 0 Å². The summed E-state index contributed by atoms with van der Waals surface area (Å²) in [6.07, 6.45) is 0. The maximum absolute atomic E-state index is 9.63. The first-order valence-electron chi connectivity index (χ1n) is 21.6. The van der Waals surface area contributed by atoms with Crippen molar-refractivity contribution in [1.29, 1.82) is 0 Å². The molecule has 9 rings (SSSR count). The molecule has 0 aliphatic rings. The molecule has 0 aromatic heterocycles. The number of hydrogen-bond acceptors (Lipinski definition) is 0. The van der Waals surface area contributed by atoms with Gasteiger partial charge in [-0.25, -0.2) is 0 Å². The second-order valence-electron chi connectivity index (χ2n) is 16.7. The first-order chi connectivity index (χ1) is 30.2. The Morgan fingerprint density at radius 3 is 0.677 bits per heavy atom. The monoisotopic (exact) mass is 834 g/mol. The van der Waals surface area contributed by atoms with Crippen molar-refractivity contribution in [3.05, 3.63) is 234 Å². The highest BCUT2D eigenvalue weighted by molar-refractivity contribution is 7.42. The third-order valence-corrected chi connectivity index (χ3v) is 18.7. The molecule has 0 aliphatic carbocycles. The summed E-state index contributed by atoms with van der Waals surface area (Å²) in [7, 11) is -3.81. The summed E-state index contributed by atoms with van der Waals surface area (Å²) in [5, 5.41) is 3.71. The molecular weight excluding hydrogens is 784 g/mol. The van der Waals surface area contributed by atoms with Crippen molar-refractivity contribution in [2.75, 3.05) is 0 Å². The smallest absolute Gasteiger partial charge is 0.149 e. The first-order valence-corrected chi connectivity index (χ1v) is 24.6. The molecular formula is C60H51ClSi. The van der Waals surface area contributed by atoms with Gasteiger partial charge in [0, 0.05) is 0 Å². The molecule has 0 nitrogen and oxygen atoms in total. The van der Waals surface area contributed by atoms with Crippen molar-refractivity contribution < 1.29 is 0 Å². The second kappa shape index (κ2) is 17.1. The van der Waals surface area contributed by atoms with Crippen LogP contribution in [0.2, 0.25) is 0 Å². The van der Waals surface area contributed by atoms with Crippen molar-refractivity contribution in [2.24, 2.45) is 0 Å². The van der Waals surface area contributed by atoms with E-state index in [0.717, 1.165) is 16.7 Å². The van der Waals surface area contributed by atoms with Gasteiger partial charge in [0.25, 0.3) is 7.38 Å². The van der Waals surface area contributed by atoms with E-state index in [4.69, 9.17) is 0 Å². The maximum atomic E-state index is 9.63. The van der Waals surface area contributed by atoms with Crippen LogP contribution in [0, 0.1) is 41.5 Å². The van der Waals surface area contributed by atoms with Gasteiger partial charge in [0.15, 0.2) is 0 Å². The molecule has 9 aromatic carbocycles. The first kappa shape index (κ1) is 40.9. The fourth-order valence-corrected chi connectivity index (χ4v) is 16.6. The number of hydrogen-bond donors (Lipinski definition) is 0. The number of benzene rings is 9. The normalized spacial score (nSPS) is 11.5. The van der Waals surface area contributed by atoms with Crippen LogP contribution in [0.1, 0.15) is 33.4 Å². The van der Waals surface area contributed by atoms with E-state index in [2.05, 4.69) is 242 Å². The molecule has 0 saturated carbocycles. The van der Waals surface area contributed by atoms with Crippen molar-refractivity contribution >= 4 is 34.0 Å². The van der Waals surface area contributed by atoms with Gasteiger partial charge in [-0.2, -0.15) is 0 Å². The molecule has 0 radical (unpaired) electrons. The lowest BCUT2D eigenvalue weighted by Gasteiger charge is -2.39. The van der Waals surface area contributed by atoms with E-state index in [-0.39, 0.29) is 0 Å². The quantitative estimate of drug-likeness (QED) is 0.0772. The van der Waals surface area contributed by atoms with Crippen molar-refractivity contribution in [3.63, 3.8) is 0 Å². The molecule has 302 valence electrons. The van der Waals surface area contributed by atoms with Crippen molar-refractivity contribution in [3.8, 4) is 66.8 Å². The molecule has 0 saturated heterocycles. The second-order valence-corrected chi connectivity index (χ2v) is 21.2. The Balaban J connectivity index is 1.61. The van der Waals surface area contributed by atoms with Gasteiger partial charge in [-0.3, -0.25) is 0 Å². The SMILES string of the molecule is Cc1cc(-c2ccccc2)c(-c2ccccc2)c([Si](Cl)(c2c(C)c(C)cc(-c3ccccc3)c2-c2ccccc2)c2c(C)c(C)cc(-c3ccccc3)c2-c2ccccc2)c1C. The molecule has 0 unspecified atom stereocenters. The zero-order chi connectivity index (χ0) is 43.0. The molecule has 0 aliphatic heterocycles. The van der Waals surface area contributed by atoms with Crippen LogP contribution in [0.5, 0.6) is 0 Å². The van der Waals surface area contributed by atoms with Crippen molar-refractivity contribution in [2.45, 2.75) is 41.5 Å². The van der Waals surface area contributed by atoms with E-state index in [1.54, 1.807) is 0 Å². The average Bonchev–Trinajstić information content (AvgIpc) is 3.32. The van der Waals surface area contributed by atoms with Gasteiger partial charge in [0.05, 0.1) is 0 Å². The predicted octanol–water partition coefficient (Wildman–Crippen LogP) is 14.7. The fourth-order valence-electron chi connectivity index (χ4n) is 9.67. The van der Waals surface area contributed by atoms with Gasteiger partial charge in [0.1, 0.15) is 0 Å². The van der Waals surface area contributed by atoms with Crippen LogP contribution in [0.25, 0.3) is 66.8 Å². The zero-order valence-electron chi connectivity index (χ0n) is 36.4. The Morgan fingerprint density at radius 2 is 0.468 bits per heavy atom. The van der Waals surface area contributed by atoms with Gasteiger partial charge < -0.3 is 0 Å². The van der Waals surface area contributed by atoms with Crippen molar-refractivity contribution in [1.82, 2.24) is 0 Å². The van der Waals surface area contributed by atoms with E-state index in [0.29, 0.717) is 0 Å². The fraction of sp³-hybridized carbons (Fsp3) is 0.100. The van der Waals surface area contributed by atoms with E-state index in [1.807, 2.05) is 0 Å². The largest absolute Gasteiger partial charge is 0.250 e. The Kier molecular flexibility index (Phi) is 11.3. The highest BCUT2D eigenvalue weighted by atomic mass is 35.6. The summed E-state index contributed by atoms with van der Waals surface area (Å²) in [6.45, 7) is 13.8. The minimum absolute atomic E-state index is 1.16. The number of halogens is 1. The Hall–Kier alpha value is -6.51. The van der Waals surface area contributed by atoms with Crippen LogP contribution in [0.3, 0.4) is 0 Å². The molecule has 2 heteroatoms. The van der Waals surface area contributed by atoms with Crippen LogP contribution < -0.4 is 15.6 Å². The Bertz CT molecular complexity index is 2700. The Morgan fingerprint density at radius 1 is 0.274 bits per heavy atom. The summed E-state index contributed by atoms with van der Waals surface area (Å²) in [4.78, 5) is 0. The zero-order valence-corrected chi connectivity index (χ0v) is 38.2. The minimum Gasteiger partial charge on any atom is -0.149 e. The maximum Gasteiger partial charge on any atom is 0.250 e. The van der Waals surface area contributed by atoms with E-state index in [1.165, 1.54) is 99.0 Å². The van der Waals surface area contributed by atoms with Gasteiger partial charge in [0.2, 0.25) is 0 Å². The third-order valence-electron chi connectivity index (χ3n) is 13.0. The lowest BCUT2D eigenvalue weighted by atomic mass is 9.89. The van der Waals surface area contributed by atoms with Crippen LogP contribution in [0.4, 0.5) is 0 Å². The topological polar surface area (TPSA) is 0 Å².